The molecule has 3 N–H and O–H groups in total. The number of nitrogens with zero attached hydrogens (tertiary/aromatic N) is 5. The number of Topliss-reactive ketones (excluding diaryl/α,β-unsaturated/α-hetero) is 1. The van der Waals surface area contributed by atoms with Crippen LogP contribution in [0.3, 0.4) is 0 Å². The summed E-state index contributed by atoms with van der Waals surface area (Å²) in [6.45, 7) is 4.71. The highest BCUT2D eigenvalue weighted by atomic mass is 16.5. The molecule has 0 spiro atoms. The van der Waals surface area contributed by atoms with Crippen molar-refractivity contribution in [3.05, 3.63) is 35.9 Å². The van der Waals surface area contributed by atoms with E-state index in [0.717, 1.165) is 50.3 Å². The van der Waals surface area contributed by atoms with Crippen molar-refractivity contribution in [2.24, 2.45) is 0 Å². The van der Waals surface area contributed by atoms with Crippen LogP contribution in [-0.4, -0.2) is 73.2 Å². The summed E-state index contributed by atoms with van der Waals surface area (Å²) in [5.74, 6) is 0.738. The number of nitrogen functional groups attached to an aromatic ring is 1. The number of nitrogens with one attached hydrogen (secondary N) is 1. The van der Waals surface area contributed by atoms with Crippen molar-refractivity contribution in [2.75, 3.05) is 62.0 Å². The molecule has 4 heterocycles. The van der Waals surface area contributed by atoms with Gasteiger partial charge in [0.2, 0.25) is 0 Å². The molecule has 0 atom stereocenters. The van der Waals surface area contributed by atoms with Gasteiger partial charge in [-0.05, 0) is 26.0 Å². The van der Waals surface area contributed by atoms with Gasteiger partial charge in [-0.2, -0.15) is 0 Å². The number of hydrogen-bond acceptors (Lipinski definition) is 9. The zero-order chi connectivity index (χ0) is 20.9. The predicted molar refractivity (Wildman–Crippen MR) is 116 cm³/mol. The van der Waals surface area contributed by atoms with Crippen molar-refractivity contribution in [2.45, 2.75) is 25.3 Å². The fourth-order valence-electron chi connectivity index (χ4n) is 4.07. The third-order valence-corrected chi connectivity index (χ3v) is 5.86. The quantitative estimate of drug-likeness (QED) is 0.670. The molecule has 2 saturated heterocycles. The number of hydrogen-bond donors (Lipinski definition) is 2. The molecule has 9 nitrogen and oxygen atoms in total. The van der Waals surface area contributed by atoms with Crippen molar-refractivity contribution < 1.29 is 9.53 Å². The minimum Gasteiger partial charge on any atom is -0.382 e. The second-order valence-electron chi connectivity index (χ2n) is 7.72. The fraction of sp³-hybridized carbons (Fsp3) is 0.524. The Labute approximate surface area is 176 Å². The van der Waals surface area contributed by atoms with Gasteiger partial charge in [0, 0.05) is 62.3 Å². The minimum atomic E-state index is -0.144. The molecule has 2 fully saturated rings. The molecule has 2 aromatic rings. The number of piperidine rings is 1. The van der Waals surface area contributed by atoms with Crippen LogP contribution in [0.2, 0.25) is 0 Å². The summed E-state index contributed by atoms with van der Waals surface area (Å²) in [4.78, 5) is 30.6. The maximum Gasteiger partial charge on any atom is 0.189 e. The van der Waals surface area contributed by atoms with Crippen LogP contribution in [0.25, 0.3) is 0 Å². The minimum absolute atomic E-state index is 0.144. The first-order valence-electron chi connectivity index (χ1n) is 10.5. The van der Waals surface area contributed by atoms with E-state index >= 15 is 0 Å². The van der Waals surface area contributed by atoms with Gasteiger partial charge >= 0.3 is 0 Å². The molecule has 9 heteroatoms. The lowest BCUT2D eigenvalue weighted by Gasteiger charge is -2.32. The Kier molecular flexibility index (Phi) is 6.39. The van der Waals surface area contributed by atoms with E-state index in [1.54, 1.807) is 18.6 Å². The largest absolute Gasteiger partial charge is 0.382 e. The molecule has 0 unspecified atom stereocenters. The Hall–Kier alpha value is -2.78. The van der Waals surface area contributed by atoms with Crippen LogP contribution in [0.15, 0.2) is 24.7 Å². The molecular formula is C21H29N7O2. The van der Waals surface area contributed by atoms with Crippen LogP contribution >= 0.6 is 0 Å². The number of anilines is 3. The highest BCUT2D eigenvalue weighted by Crippen LogP contribution is 2.24. The Balaban J connectivity index is 1.52. The normalized spacial score (nSPS) is 17.9. The molecule has 0 amide bonds. The Morgan fingerprint density at radius 3 is 2.70 bits per heavy atom. The van der Waals surface area contributed by atoms with E-state index in [1.807, 2.05) is 13.1 Å². The topological polar surface area (TPSA) is 110 Å². The summed E-state index contributed by atoms with van der Waals surface area (Å²) in [5, 5.41) is 3.32. The smallest absolute Gasteiger partial charge is 0.189 e. The number of aromatic nitrogens is 3. The molecule has 4 rings (SSSR count). The van der Waals surface area contributed by atoms with Crippen molar-refractivity contribution in [3.8, 4) is 0 Å². The van der Waals surface area contributed by atoms with Gasteiger partial charge in [0.15, 0.2) is 17.3 Å². The maximum absolute atomic E-state index is 13.1. The summed E-state index contributed by atoms with van der Waals surface area (Å²) in [6, 6.07) is 2.47. The molecular weight excluding hydrogens is 382 g/mol. The average Bonchev–Trinajstić information content (AvgIpc) is 2.80. The van der Waals surface area contributed by atoms with Crippen molar-refractivity contribution >= 4 is 23.1 Å². The first kappa shape index (κ1) is 20.5. The number of pyridine rings is 1. The van der Waals surface area contributed by atoms with E-state index in [0.29, 0.717) is 25.1 Å². The molecule has 2 aliphatic heterocycles. The zero-order valence-corrected chi connectivity index (χ0v) is 17.4. The molecule has 160 valence electrons. The second kappa shape index (κ2) is 9.36. The van der Waals surface area contributed by atoms with Gasteiger partial charge in [-0.25, -0.2) is 9.97 Å². The maximum atomic E-state index is 13.1. The highest BCUT2D eigenvalue weighted by molar-refractivity contribution is 6.00. The van der Waals surface area contributed by atoms with E-state index in [9.17, 15) is 4.79 Å². The SMILES string of the molecule is CNC1CCN(c2cnc(N)c(C(=O)Cc3cnccc3N3CCOCC3)n2)CC1. The third-order valence-electron chi connectivity index (χ3n) is 5.86. The highest BCUT2D eigenvalue weighted by Gasteiger charge is 2.23. The van der Waals surface area contributed by atoms with Crippen molar-refractivity contribution in [1.29, 1.82) is 0 Å². The number of carbonyl (C=O) groups is 1. The summed E-state index contributed by atoms with van der Waals surface area (Å²) in [6.07, 6.45) is 7.41. The molecule has 0 aromatic carbocycles. The number of ketones is 1. The molecule has 2 aliphatic rings. The van der Waals surface area contributed by atoms with E-state index in [2.05, 4.69) is 30.1 Å². The Bertz CT molecular complexity index is 877. The van der Waals surface area contributed by atoms with Gasteiger partial charge in [0.25, 0.3) is 0 Å². The van der Waals surface area contributed by atoms with Gasteiger partial charge in [-0.1, -0.05) is 0 Å². The van der Waals surface area contributed by atoms with E-state index < -0.39 is 0 Å². The van der Waals surface area contributed by atoms with Crippen LogP contribution < -0.4 is 20.9 Å². The predicted octanol–water partition coefficient (Wildman–Crippen LogP) is 0.904. The third kappa shape index (κ3) is 4.52. The Morgan fingerprint density at radius 2 is 1.97 bits per heavy atom. The first-order chi connectivity index (χ1) is 14.7. The summed E-state index contributed by atoms with van der Waals surface area (Å²) < 4.78 is 5.44. The van der Waals surface area contributed by atoms with Crippen LogP contribution in [0.1, 0.15) is 28.9 Å². The lowest BCUT2D eigenvalue weighted by atomic mass is 10.0. The molecule has 2 aromatic heterocycles. The van der Waals surface area contributed by atoms with E-state index in [4.69, 9.17) is 10.5 Å². The van der Waals surface area contributed by atoms with Crippen molar-refractivity contribution in [1.82, 2.24) is 20.3 Å². The molecule has 0 aliphatic carbocycles. The number of morpholine rings is 1. The summed E-state index contributed by atoms with van der Waals surface area (Å²) in [5.41, 5.74) is 8.15. The van der Waals surface area contributed by atoms with Crippen molar-refractivity contribution in [3.63, 3.8) is 0 Å². The zero-order valence-electron chi connectivity index (χ0n) is 17.4. The number of ether oxygens (including phenoxy) is 1. The molecule has 0 bridgehead atoms. The van der Waals surface area contributed by atoms with Crippen LogP contribution in [0.5, 0.6) is 0 Å². The van der Waals surface area contributed by atoms with Crippen LogP contribution in [0.4, 0.5) is 17.3 Å². The number of carbonyl (C=O) groups excluding carboxylic acids is 1. The first-order valence-corrected chi connectivity index (χ1v) is 10.5. The van der Waals surface area contributed by atoms with Crippen LogP contribution in [-0.2, 0) is 11.2 Å². The summed E-state index contributed by atoms with van der Waals surface area (Å²) >= 11 is 0. The van der Waals surface area contributed by atoms with Crippen LogP contribution in [0, 0.1) is 0 Å². The fourth-order valence-corrected chi connectivity index (χ4v) is 4.07. The lowest BCUT2D eigenvalue weighted by molar-refractivity contribution is 0.0988. The molecule has 30 heavy (non-hydrogen) atoms. The van der Waals surface area contributed by atoms with E-state index in [1.165, 1.54) is 0 Å². The standard InChI is InChI=1S/C21H29N7O2/c1-23-16-3-6-28(7-4-16)19-14-25-21(22)20(26-19)18(29)12-15-13-24-5-2-17(15)27-8-10-30-11-9-27/h2,5,13-14,16,23H,3-4,6-12H2,1H3,(H2,22,25). The average molecular weight is 412 g/mol. The number of rotatable bonds is 6. The monoisotopic (exact) mass is 411 g/mol. The van der Waals surface area contributed by atoms with Gasteiger partial charge in [-0.3, -0.25) is 9.78 Å². The van der Waals surface area contributed by atoms with Gasteiger partial charge < -0.3 is 25.6 Å². The molecule has 0 saturated carbocycles. The van der Waals surface area contributed by atoms with Gasteiger partial charge in [-0.15, -0.1) is 0 Å². The van der Waals surface area contributed by atoms with E-state index in [-0.39, 0.29) is 23.7 Å². The van der Waals surface area contributed by atoms with Gasteiger partial charge in [0.1, 0.15) is 5.82 Å². The Morgan fingerprint density at radius 1 is 1.20 bits per heavy atom. The summed E-state index contributed by atoms with van der Waals surface area (Å²) in [7, 11) is 1.99. The second-order valence-corrected chi connectivity index (χ2v) is 7.72. The lowest BCUT2D eigenvalue weighted by Crippen LogP contribution is -2.41. The molecule has 0 radical (unpaired) electrons. The number of nitrogens with two attached hydrogens (primary N) is 1. The van der Waals surface area contributed by atoms with Gasteiger partial charge in [0.05, 0.1) is 19.4 Å².